The van der Waals surface area contributed by atoms with E-state index >= 15 is 0 Å². The third-order valence-electron chi connectivity index (χ3n) is 7.53. The molecule has 2 aromatic heterocycles. The highest BCUT2D eigenvalue weighted by Gasteiger charge is 2.40. The SMILES string of the molecule is COc1ccc([C@]2(O)CC[C@H](N3CC(NC(=O)CNc4nn(C)c5ccc(OC(F)(F)F)cc45)C3)CC2)cn1. The molecule has 0 unspecified atom stereocenters. The molecular weight excluding hydrogens is 517 g/mol. The number of aryl methyl sites for hydroxylation is 1. The number of alkyl halides is 3. The zero-order valence-electron chi connectivity index (χ0n) is 21.7. The van der Waals surface area contributed by atoms with Gasteiger partial charge in [-0.05, 0) is 49.9 Å². The maximum Gasteiger partial charge on any atom is 0.573 e. The minimum absolute atomic E-state index is 0.0122. The lowest BCUT2D eigenvalue weighted by atomic mass is 9.77. The molecule has 3 N–H and O–H groups in total. The summed E-state index contributed by atoms with van der Waals surface area (Å²) in [6.07, 6.45) is -0.166. The molecule has 210 valence electrons. The lowest BCUT2D eigenvalue weighted by Gasteiger charge is -2.48. The fraction of sp³-hybridized carbons (Fsp3) is 0.500. The van der Waals surface area contributed by atoms with Crippen LogP contribution in [0.15, 0.2) is 36.5 Å². The van der Waals surface area contributed by atoms with Crippen molar-refractivity contribution in [1.82, 2.24) is 25.0 Å². The molecule has 0 atom stereocenters. The first-order chi connectivity index (χ1) is 18.5. The molecule has 5 rings (SSSR count). The van der Waals surface area contributed by atoms with Crippen LogP contribution in [0.25, 0.3) is 10.9 Å². The van der Waals surface area contributed by atoms with Gasteiger partial charge in [0.2, 0.25) is 11.8 Å². The van der Waals surface area contributed by atoms with E-state index in [-0.39, 0.29) is 24.2 Å². The molecule has 10 nitrogen and oxygen atoms in total. The second-order valence-electron chi connectivity index (χ2n) is 10.1. The van der Waals surface area contributed by atoms with Gasteiger partial charge in [-0.15, -0.1) is 13.2 Å². The van der Waals surface area contributed by atoms with E-state index in [4.69, 9.17) is 4.74 Å². The normalized spacial score (nSPS) is 22.4. The maximum atomic E-state index is 12.6. The maximum absolute atomic E-state index is 12.6. The number of hydrogen-bond donors (Lipinski definition) is 3. The summed E-state index contributed by atoms with van der Waals surface area (Å²) in [5, 5.41) is 21.7. The van der Waals surface area contributed by atoms with Crippen LogP contribution >= 0.6 is 0 Å². The number of halogens is 3. The van der Waals surface area contributed by atoms with Gasteiger partial charge in [0.25, 0.3) is 0 Å². The van der Waals surface area contributed by atoms with Crippen molar-refractivity contribution in [2.45, 2.75) is 49.7 Å². The number of ether oxygens (including phenoxy) is 2. The van der Waals surface area contributed by atoms with Crippen LogP contribution in [0.3, 0.4) is 0 Å². The molecule has 3 aromatic rings. The number of nitrogens with one attached hydrogen (secondary N) is 2. The molecule has 1 aromatic carbocycles. The standard InChI is InChI=1S/C26H31F3N6O4/c1-34-21-5-4-19(39-26(27,28)29)11-20(21)24(33-34)31-13-22(36)32-17-14-35(15-17)18-7-9-25(37,10-8-18)16-3-6-23(38-2)30-12-16/h3-6,11-12,17-18,37H,7-10,13-15H2,1-2H3,(H,31,33)(H,32,36)/t18-,25-. The molecule has 0 spiro atoms. The van der Waals surface area contributed by atoms with Gasteiger partial charge >= 0.3 is 6.36 Å². The number of methoxy groups -OCH3 is 1. The highest BCUT2D eigenvalue weighted by Crippen LogP contribution is 2.39. The van der Waals surface area contributed by atoms with Gasteiger partial charge < -0.3 is 25.2 Å². The summed E-state index contributed by atoms with van der Waals surface area (Å²) >= 11 is 0. The number of aliphatic hydroxyl groups is 1. The molecule has 1 saturated carbocycles. The lowest BCUT2D eigenvalue weighted by molar-refractivity contribution is -0.274. The summed E-state index contributed by atoms with van der Waals surface area (Å²) in [5.41, 5.74) is 0.507. The first-order valence-corrected chi connectivity index (χ1v) is 12.8. The van der Waals surface area contributed by atoms with Gasteiger partial charge in [-0.25, -0.2) is 4.98 Å². The average Bonchev–Trinajstić information content (AvgIpc) is 3.19. The largest absolute Gasteiger partial charge is 0.573 e. The fourth-order valence-corrected chi connectivity index (χ4v) is 5.43. The van der Waals surface area contributed by atoms with Gasteiger partial charge in [0.1, 0.15) is 5.75 Å². The number of fused-ring (bicyclic) bond motifs is 1. The summed E-state index contributed by atoms with van der Waals surface area (Å²) in [6, 6.07) is 7.92. The molecule has 1 amide bonds. The number of nitrogens with zero attached hydrogens (tertiary/aromatic N) is 4. The summed E-state index contributed by atoms with van der Waals surface area (Å²) in [5.74, 6) is 0.225. The van der Waals surface area contributed by atoms with E-state index in [0.29, 0.717) is 41.5 Å². The number of carbonyl (C=O) groups is 1. The van der Waals surface area contributed by atoms with Crippen molar-refractivity contribution in [2.24, 2.45) is 7.05 Å². The molecule has 1 aliphatic heterocycles. The smallest absolute Gasteiger partial charge is 0.481 e. The number of anilines is 1. The number of benzene rings is 1. The van der Waals surface area contributed by atoms with E-state index < -0.39 is 12.0 Å². The quantitative estimate of drug-likeness (QED) is 0.394. The number of rotatable bonds is 8. The van der Waals surface area contributed by atoms with Gasteiger partial charge in [0.15, 0.2) is 5.82 Å². The molecule has 2 aliphatic rings. The average molecular weight is 549 g/mol. The van der Waals surface area contributed by atoms with Crippen molar-refractivity contribution in [3.05, 3.63) is 42.1 Å². The molecule has 0 bridgehead atoms. The van der Waals surface area contributed by atoms with E-state index in [0.717, 1.165) is 31.5 Å². The third kappa shape index (κ3) is 6.04. The van der Waals surface area contributed by atoms with Gasteiger partial charge in [-0.2, -0.15) is 5.10 Å². The Bertz CT molecular complexity index is 1320. The Morgan fingerprint density at radius 1 is 1.21 bits per heavy atom. The summed E-state index contributed by atoms with van der Waals surface area (Å²) < 4.78 is 48.4. The monoisotopic (exact) mass is 548 g/mol. The third-order valence-corrected chi connectivity index (χ3v) is 7.53. The Hall–Kier alpha value is -3.58. The van der Waals surface area contributed by atoms with E-state index in [2.05, 4.69) is 30.4 Å². The van der Waals surface area contributed by atoms with Crippen LogP contribution in [-0.4, -0.2) is 75.9 Å². The van der Waals surface area contributed by atoms with Crippen LogP contribution in [0.1, 0.15) is 31.2 Å². The molecule has 0 radical (unpaired) electrons. The van der Waals surface area contributed by atoms with Crippen molar-refractivity contribution < 1.29 is 32.5 Å². The number of aromatic nitrogens is 3. The summed E-state index contributed by atoms with van der Waals surface area (Å²) in [7, 11) is 3.22. The summed E-state index contributed by atoms with van der Waals surface area (Å²) in [6.45, 7) is 1.38. The van der Waals surface area contributed by atoms with Crippen LogP contribution in [0.5, 0.6) is 11.6 Å². The van der Waals surface area contributed by atoms with Crippen molar-refractivity contribution in [3.8, 4) is 11.6 Å². The zero-order valence-corrected chi connectivity index (χ0v) is 21.7. The highest BCUT2D eigenvalue weighted by molar-refractivity contribution is 5.93. The number of likely N-dealkylation sites (tertiary alicyclic amines) is 1. The Balaban J connectivity index is 1.08. The van der Waals surface area contributed by atoms with Crippen LogP contribution in [0.4, 0.5) is 19.0 Å². The predicted molar refractivity (Wildman–Crippen MR) is 136 cm³/mol. The Morgan fingerprint density at radius 2 is 1.95 bits per heavy atom. The molecule has 13 heteroatoms. The fourth-order valence-electron chi connectivity index (χ4n) is 5.43. The first-order valence-electron chi connectivity index (χ1n) is 12.8. The second-order valence-corrected chi connectivity index (χ2v) is 10.1. The zero-order chi connectivity index (χ0) is 27.8. The molecule has 2 fully saturated rings. The highest BCUT2D eigenvalue weighted by atomic mass is 19.4. The first kappa shape index (κ1) is 27.0. The Morgan fingerprint density at radius 3 is 2.59 bits per heavy atom. The molecule has 1 saturated heterocycles. The van der Waals surface area contributed by atoms with E-state index in [1.807, 2.05) is 6.07 Å². The van der Waals surface area contributed by atoms with Crippen LogP contribution in [-0.2, 0) is 17.4 Å². The topological polar surface area (TPSA) is 114 Å². The number of pyridine rings is 1. The Kier molecular flexibility index (Phi) is 7.29. The van der Waals surface area contributed by atoms with Gasteiger partial charge in [-0.1, -0.05) is 0 Å². The van der Waals surface area contributed by atoms with Crippen molar-refractivity contribution in [3.63, 3.8) is 0 Å². The van der Waals surface area contributed by atoms with Crippen LogP contribution < -0.4 is 20.1 Å². The van der Waals surface area contributed by atoms with E-state index in [1.54, 1.807) is 26.4 Å². The summed E-state index contributed by atoms with van der Waals surface area (Å²) in [4.78, 5) is 19.1. The van der Waals surface area contributed by atoms with Crippen molar-refractivity contribution >= 4 is 22.6 Å². The number of carbonyl (C=O) groups excluding carboxylic acids is 1. The molecule has 39 heavy (non-hydrogen) atoms. The molecular formula is C26H31F3N6O4. The molecule has 3 heterocycles. The lowest BCUT2D eigenvalue weighted by Crippen LogP contribution is -2.63. The second kappa shape index (κ2) is 10.5. The van der Waals surface area contributed by atoms with Gasteiger partial charge in [-0.3, -0.25) is 14.4 Å². The van der Waals surface area contributed by atoms with Gasteiger partial charge in [0, 0.05) is 49.4 Å². The number of hydrogen-bond acceptors (Lipinski definition) is 8. The minimum atomic E-state index is -4.80. The van der Waals surface area contributed by atoms with Crippen molar-refractivity contribution in [2.75, 3.05) is 32.1 Å². The van der Waals surface area contributed by atoms with Crippen LogP contribution in [0.2, 0.25) is 0 Å². The van der Waals surface area contributed by atoms with E-state index in [9.17, 15) is 23.1 Å². The van der Waals surface area contributed by atoms with Crippen LogP contribution in [0, 0.1) is 0 Å². The van der Waals surface area contributed by atoms with Gasteiger partial charge in [0.05, 0.1) is 30.8 Å². The molecule has 1 aliphatic carbocycles. The number of amides is 1. The Labute approximate surface area is 223 Å². The van der Waals surface area contributed by atoms with E-state index in [1.165, 1.54) is 22.9 Å². The predicted octanol–water partition coefficient (Wildman–Crippen LogP) is 2.92. The van der Waals surface area contributed by atoms with Crippen molar-refractivity contribution in [1.29, 1.82) is 0 Å². The minimum Gasteiger partial charge on any atom is -0.481 e.